The van der Waals surface area contributed by atoms with Crippen LogP contribution < -0.4 is 5.32 Å². The Morgan fingerprint density at radius 1 is 1.50 bits per heavy atom. The van der Waals surface area contributed by atoms with Crippen LogP contribution in [0.4, 0.5) is 10.5 Å². The van der Waals surface area contributed by atoms with Crippen LogP contribution in [0.25, 0.3) is 0 Å². The summed E-state index contributed by atoms with van der Waals surface area (Å²) in [6, 6.07) is 7.44. The summed E-state index contributed by atoms with van der Waals surface area (Å²) in [6.45, 7) is 1.90. The van der Waals surface area contributed by atoms with Gasteiger partial charge in [-0.2, -0.15) is 0 Å². The summed E-state index contributed by atoms with van der Waals surface area (Å²) in [7, 11) is 3.00. The number of ether oxygens (including phenoxy) is 1. The molecule has 0 aromatic heterocycles. The number of amides is 1. The molecular weight excluding hydrogens is 154 g/mol. The number of nitrogens with one attached hydrogen (secondary N) is 1. The van der Waals surface area contributed by atoms with E-state index in [1.807, 2.05) is 25.1 Å². The number of carbonyl (C=O) groups excluding carboxylic acids is 1. The van der Waals surface area contributed by atoms with Gasteiger partial charge >= 0.3 is 6.09 Å². The van der Waals surface area contributed by atoms with Crippen molar-refractivity contribution in [2.45, 2.75) is 6.92 Å². The zero-order valence-electron chi connectivity index (χ0n) is 6.83. The molecule has 1 rings (SSSR count). The zero-order chi connectivity index (χ0) is 8.97. The fourth-order valence-corrected chi connectivity index (χ4v) is 0.859. The van der Waals surface area contributed by atoms with Crippen molar-refractivity contribution in [1.29, 1.82) is 0 Å². The standard InChI is InChI=1S/C9H10NO2/c1-7-5-3-4-6-8(7)10-9(11)12-2/h3-6H,2H2,1H3,(H,10,11). The molecule has 3 nitrogen and oxygen atoms in total. The highest BCUT2D eigenvalue weighted by Gasteiger charge is 2.01. The number of carbonyl (C=O) groups is 1. The van der Waals surface area contributed by atoms with E-state index in [4.69, 9.17) is 0 Å². The van der Waals surface area contributed by atoms with Gasteiger partial charge in [-0.15, -0.1) is 0 Å². The van der Waals surface area contributed by atoms with Gasteiger partial charge in [0.05, 0.1) is 0 Å². The average molecular weight is 164 g/mol. The van der Waals surface area contributed by atoms with E-state index >= 15 is 0 Å². The fourth-order valence-electron chi connectivity index (χ4n) is 0.859. The van der Waals surface area contributed by atoms with Crippen LogP contribution in [0.3, 0.4) is 0 Å². The van der Waals surface area contributed by atoms with Gasteiger partial charge in [-0.3, -0.25) is 5.32 Å². The first-order chi connectivity index (χ1) is 5.74. The summed E-state index contributed by atoms with van der Waals surface area (Å²) >= 11 is 0. The zero-order valence-corrected chi connectivity index (χ0v) is 6.83. The first-order valence-corrected chi connectivity index (χ1v) is 3.52. The van der Waals surface area contributed by atoms with Gasteiger partial charge in [0.1, 0.15) is 7.11 Å². The molecule has 0 aliphatic heterocycles. The number of rotatable bonds is 1. The van der Waals surface area contributed by atoms with Gasteiger partial charge in [0.25, 0.3) is 0 Å². The first-order valence-electron chi connectivity index (χ1n) is 3.52. The number of para-hydroxylation sites is 1. The number of hydrogen-bond acceptors (Lipinski definition) is 2. The Hall–Kier alpha value is -1.51. The number of hydrogen-bond donors (Lipinski definition) is 1. The molecule has 0 saturated carbocycles. The van der Waals surface area contributed by atoms with Gasteiger partial charge in [0, 0.05) is 5.69 Å². The molecule has 0 spiro atoms. The van der Waals surface area contributed by atoms with E-state index in [1.54, 1.807) is 6.07 Å². The van der Waals surface area contributed by atoms with E-state index in [1.165, 1.54) is 0 Å². The monoisotopic (exact) mass is 164 g/mol. The summed E-state index contributed by atoms with van der Waals surface area (Å²) in [5.74, 6) is 0. The SMILES string of the molecule is [CH2]OC(=O)Nc1ccccc1C. The third-order valence-electron chi connectivity index (χ3n) is 1.51. The lowest BCUT2D eigenvalue weighted by Crippen LogP contribution is -2.10. The van der Waals surface area contributed by atoms with Crippen LogP contribution in [0, 0.1) is 14.0 Å². The van der Waals surface area contributed by atoms with E-state index < -0.39 is 6.09 Å². The van der Waals surface area contributed by atoms with Crippen LogP contribution >= 0.6 is 0 Å². The van der Waals surface area contributed by atoms with Crippen LogP contribution in [-0.4, -0.2) is 6.09 Å². The van der Waals surface area contributed by atoms with Gasteiger partial charge in [0.15, 0.2) is 0 Å². The quantitative estimate of drug-likeness (QED) is 0.691. The smallest absolute Gasteiger partial charge is 0.411 e. The summed E-state index contributed by atoms with van der Waals surface area (Å²) in [5.41, 5.74) is 1.73. The van der Waals surface area contributed by atoms with E-state index in [2.05, 4.69) is 17.2 Å². The molecule has 63 valence electrons. The molecule has 3 heteroatoms. The summed E-state index contributed by atoms with van der Waals surface area (Å²) in [6.07, 6.45) is -0.552. The second-order valence-electron chi connectivity index (χ2n) is 2.37. The van der Waals surface area contributed by atoms with Crippen molar-refractivity contribution in [3.05, 3.63) is 36.9 Å². The molecule has 0 heterocycles. The van der Waals surface area contributed by atoms with Gasteiger partial charge in [-0.05, 0) is 18.6 Å². The largest absolute Gasteiger partial charge is 0.446 e. The fraction of sp³-hybridized carbons (Fsp3) is 0.111. The third-order valence-corrected chi connectivity index (χ3v) is 1.51. The molecule has 0 unspecified atom stereocenters. The molecule has 0 aliphatic carbocycles. The molecule has 0 saturated heterocycles. The molecule has 1 radical (unpaired) electrons. The molecule has 0 bridgehead atoms. The summed E-state index contributed by atoms with van der Waals surface area (Å²) < 4.78 is 4.21. The van der Waals surface area contributed by atoms with E-state index in [0.717, 1.165) is 11.3 Å². The molecule has 0 aliphatic rings. The van der Waals surface area contributed by atoms with E-state index in [9.17, 15) is 4.79 Å². The predicted octanol–water partition coefficient (Wildman–Crippen LogP) is 2.34. The maximum atomic E-state index is 10.7. The van der Waals surface area contributed by atoms with E-state index in [0.29, 0.717) is 0 Å². The molecule has 1 aromatic carbocycles. The number of benzene rings is 1. The minimum atomic E-state index is -0.552. The topological polar surface area (TPSA) is 38.3 Å². The lowest BCUT2D eigenvalue weighted by molar-refractivity contribution is 0.199. The Bertz CT molecular complexity index is 284. The van der Waals surface area contributed by atoms with E-state index in [-0.39, 0.29) is 0 Å². The lowest BCUT2D eigenvalue weighted by atomic mass is 10.2. The maximum Gasteiger partial charge on any atom is 0.411 e. The number of aryl methyl sites for hydroxylation is 1. The number of anilines is 1. The second-order valence-corrected chi connectivity index (χ2v) is 2.37. The van der Waals surface area contributed by atoms with Crippen molar-refractivity contribution in [3.8, 4) is 0 Å². The van der Waals surface area contributed by atoms with Crippen molar-refractivity contribution in [1.82, 2.24) is 0 Å². The molecule has 1 amide bonds. The Morgan fingerprint density at radius 3 is 2.75 bits per heavy atom. The molecular formula is C9H10NO2. The van der Waals surface area contributed by atoms with Crippen molar-refractivity contribution >= 4 is 11.8 Å². The summed E-state index contributed by atoms with van der Waals surface area (Å²) in [5, 5.41) is 2.54. The predicted molar refractivity (Wildman–Crippen MR) is 46.6 cm³/mol. The normalized spacial score (nSPS) is 9.17. The van der Waals surface area contributed by atoms with Gasteiger partial charge in [0.2, 0.25) is 0 Å². The van der Waals surface area contributed by atoms with Crippen LogP contribution in [0.15, 0.2) is 24.3 Å². The minimum Gasteiger partial charge on any atom is -0.446 e. The van der Waals surface area contributed by atoms with Gasteiger partial charge in [-0.1, -0.05) is 18.2 Å². The Morgan fingerprint density at radius 2 is 2.17 bits per heavy atom. The van der Waals surface area contributed by atoms with Crippen molar-refractivity contribution in [2.75, 3.05) is 5.32 Å². The van der Waals surface area contributed by atoms with Crippen molar-refractivity contribution < 1.29 is 9.53 Å². The van der Waals surface area contributed by atoms with Gasteiger partial charge < -0.3 is 4.74 Å². The van der Waals surface area contributed by atoms with Crippen LogP contribution in [-0.2, 0) is 4.74 Å². The molecule has 0 atom stereocenters. The highest BCUT2D eigenvalue weighted by molar-refractivity contribution is 5.85. The van der Waals surface area contributed by atoms with Crippen LogP contribution in [0.5, 0.6) is 0 Å². The highest BCUT2D eigenvalue weighted by atomic mass is 16.5. The molecule has 12 heavy (non-hydrogen) atoms. The first kappa shape index (κ1) is 8.59. The molecule has 0 fully saturated rings. The highest BCUT2D eigenvalue weighted by Crippen LogP contribution is 2.12. The third kappa shape index (κ3) is 1.99. The maximum absolute atomic E-state index is 10.7. The van der Waals surface area contributed by atoms with Crippen molar-refractivity contribution in [2.24, 2.45) is 0 Å². The summed E-state index contributed by atoms with van der Waals surface area (Å²) in [4.78, 5) is 10.7. The van der Waals surface area contributed by atoms with Crippen LogP contribution in [0.1, 0.15) is 5.56 Å². The Kier molecular flexibility index (Phi) is 2.69. The van der Waals surface area contributed by atoms with Crippen LogP contribution in [0.2, 0.25) is 0 Å². The lowest BCUT2D eigenvalue weighted by Gasteiger charge is -2.05. The molecule has 1 aromatic rings. The Balaban J connectivity index is 2.75. The molecule has 1 N–H and O–H groups in total. The average Bonchev–Trinajstić information content (AvgIpc) is 2.09. The minimum absolute atomic E-state index is 0.552. The second kappa shape index (κ2) is 3.76. The van der Waals surface area contributed by atoms with Gasteiger partial charge in [-0.25, -0.2) is 4.79 Å². The van der Waals surface area contributed by atoms with Crippen molar-refractivity contribution in [3.63, 3.8) is 0 Å². The Labute approximate surface area is 71.4 Å².